The first-order chi connectivity index (χ1) is 15.0. The second kappa shape index (κ2) is 9.18. The summed E-state index contributed by atoms with van der Waals surface area (Å²) in [4.78, 5) is 31.7. The summed E-state index contributed by atoms with van der Waals surface area (Å²) in [6.45, 7) is 2.52. The average molecular weight is 432 g/mol. The Morgan fingerprint density at radius 1 is 1.06 bits per heavy atom. The fourth-order valence-electron chi connectivity index (χ4n) is 3.67. The summed E-state index contributed by atoms with van der Waals surface area (Å²) in [6, 6.07) is 19.0. The number of carbonyl (C=O) groups is 2. The number of aryl methyl sites for hydroxylation is 1. The van der Waals surface area contributed by atoms with Crippen molar-refractivity contribution < 1.29 is 9.59 Å². The molecular formula is C25H25N3O2S. The second-order valence-electron chi connectivity index (χ2n) is 7.75. The largest absolute Gasteiger partial charge is 0.361 e. The van der Waals surface area contributed by atoms with Gasteiger partial charge in [-0.15, -0.1) is 11.3 Å². The molecule has 5 nitrogen and oxygen atoms in total. The molecule has 0 fully saturated rings. The van der Waals surface area contributed by atoms with Crippen LogP contribution in [0.1, 0.15) is 26.4 Å². The van der Waals surface area contributed by atoms with E-state index in [0.29, 0.717) is 17.8 Å². The maximum atomic E-state index is 13.4. The first kappa shape index (κ1) is 20.9. The van der Waals surface area contributed by atoms with Gasteiger partial charge in [0.1, 0.15) is 6.04 Å². The van der Waals surface area contributed by atoms with Crippen LogP contribution in [0.4, 0.5) is 0 Å². The molecule has 4 aromatic rings. The lowest BCUT2D eigenvalue weighted by Gasteiger charge is -2.25. The number of likely N-dealkylation sites (N-methyl/N-ethyl adjacent to an activating group) is 1. The van der Waals surface area contributed by atoms with Crippen molar-refractivity contribution in [3.05, 3.63) is 93.8 Å². The van der Waals surface area contributed by atoms with Crippen LogP contribution in [-0.2, 0) is 17.8 Å². The van der Waals surface area contributed by atoms with Crippen LogP contribution in [0.25, 0.3) is 10.9 Å². The standard InChI is InChI=1S/C25H25N3O2S/c1-17-9-11-18(12-10-17)16-28(2)25(30)22(27-24(29)23-8-5-13-31-23)14-19-15-26-21-7-4-3-6-20(19)21/h3-13,15,22,26H,14,16H2,1-2H3,(H,27,29)/t22-/m0/s1. The zero-order valence-corrected chi connectivity index (χ0v) is 18.4. The molecule has 31 heavy (non-hydrogen) atoms. The molecule has 0 spiro atoms. The Hall–Kier alpha value is -3.38. The quantitative estimate of drug-likeness (QED) is 0.451. The molecule has 2 aromatic heterocycles. The maximum absolute atomic E-state index is 13.4. The zero-order chi connectivity index (χ0) is 21.8. The van der Waals surface area contributed by atoms with E-state index < -0.39 is 6.04 Å². The normalized spacial score (nSPS) is 11.9. The van der Waals surface area contributed by atoms with Gasteiger partial charge in [0.05, 0.1) is 4.88 Å². The number of hydrogen-bond donors (Lipinski definition) is 2. The van der Waals surface area contributed by atoms with Crippen LogP contribution in [0.5, 0.6) is 0 Å². The van der Waals surface area contributed by atoms with Gasteiger partial charge in [-0.05, 0) is 35.6 Å². The molecule has 0 radical (unpaired) electrons. The molecule has 0 unspecified atom stereocenters. The van der Waals surface area contributed by atoms with Gasteiger partial charge in [-0.2, -0.15) is 0 Å². The van der Waals surface area contributed by atoms with Crippen molar-refractivity contribution in [3.8, 4) is 0 Å². The molecule has 6 heteroatoms. The number of thiophene rings is 1. The highest BCUT2D eigenvalue weighted by Crippen LogP contribution is 2.20. The minimum absolute atomic E-state index is 0.115. The Kier molecular flexibility index (Phi) is 6.18. The molecule has 0 saturated heterocycles. The first-order valence-corrected chi connectivity index (χ1v) is 11.1. The monoisotopic (exact) mass is 431 g/mol. The zero-order valence-electron chi connectivity index (χ0n) is 17.6. The van der Waals surface area contributed by atoms with Crippen molar-refractivity contribution in [2.45, 2.75) is 25.9 Å². The lowest BCUT2D eigenvalue weighted by molar-refractivity contribution is -0.132. The van der Waals surface area contributed by atoms with Crippen LogP contribution in [0.3, 0.4) is 0 Å². The molecule has 4 rings (SSSR count). The van der Waals surface area contributed by atoms with Gasteiger partial charge in [-0.1, -0.05) is 54.1 Å². The number of aromatic amines is 1. The third-order valence-corrected chi connectivity index (χ3v) is 6.23. The number of H-pyrrole nitrogens is 1. The molecule has 1 atom stereocenters. The number of amides is 2. The van der Waals surface area contributed by atoms with E-state index in [-0.39, 0.29) is 11.8 Å². The Morgan fingerprint density at radius 2 is 1.84 bits per heavy atom. The van der Waals surface area contributed by atoms with Gasteiger partial charge >= 0.3 is 0 Å². The van der Waals surface area contributed by atoms with Gasteiger partial charge in [-0.25, -0.2) is 0 Å². The van der Waals surface area contributed by atoms with E-state index in [1.54, 1.807) is 18.0 Å². The van der Waals surface area contributed by atoms with Crippen LogP contribution >= 0.6 is 11.3 Å². The maximum Gasteiger partial charge on any atom is 0.262 e. The molecule has 2 N–H and O–H groups in total. The first-order valence-electron chi connectivity index (χ1n) is 10.2. The van der Waals surface area contributed by atoms with Crippen molar-refractivity contribution in [1.82, 2.24) is 15.2 Å². The second-order valence-corrected chi connectivity index (χ2v) is 8.69. The molecule has 2 amide bonds. The minimum atomic E-state index is -0.663. The topological polar surface area (TPSA) is 65.2 Å². The third kappa shape index (κ3) is 4.86. The molecule has 2 aromatic carbocycles. The average Bonchev–Trinajstić information content (AvgIpc) is 3.45. The van der Waals surface area contributed by atoms with Crippen molar-refractivity contribution in [2.75, 3.05) is 7.05 Å². The highest BCUT2D eigenvalue weighted by molar-refractivity contribution is 7.12. The number of rotatable bonds is 7. The lowest BCUT2D eigenvalue weighted by atomic mass is 10.0. The number of carbonyl (C=O) groups excluding carboxylic acids is 2. The lowest BCUT2D eigenvalue weighted by Crippen LogP contribution is -2.48. The summed E-state index contributed by atoms with van der Waals surface area (Å²) in [6.07, 6.45) is 2.33. The molecule has 158 valence electrons. The fraction of sp³-hybridized carbons (Fsp3) is 0.200. The summed E-state index contributed by atoms with van der Waals surface area (Å²) in [7, 11) is 1.78. The van der Waals surface area contributed by atoms with Gasteiger partial charge < -0.3 is 15.2 Å². The number of nitrogens with zero attached hydrogens (tertiary/aromatic N) is 1. The van der Waals surface area contributed by atoms with Crippen molar-refractivity contribution in [2.24, 2.45) is 0 Å². The molecule has 0 aliphatic rings. The molecule has 0 aliphatic heterocycles. The molecule has 0 aliphatic carbocycles. The van der Waals surface area contributed by atoms with Crippen molar-refractivity contribution in [3.63, 3.8) is 0 Å². The van der Waals surface area contributed by atoms with Gasteiger partial charge in [0.25, 0.3) is 5.91 Å². The van der Waals surface area contributed by atoms with E-state index in [1.807, 2.05) is 73.1 Å². The minimum Gasteiger partial charge on any atom is -0.361 e. The fourth-order valence-corrected chi connectivity index (χ4v) is 4.30. The molecule has 0 saturated carbocycles. The number of nitrogens with one attached hydrogen (secondary N) is 2. The highest BCUT2D eigenvalue weighted by Gasteiger charge is 2.26. The van der Waals surface area contributed by atoms with Crippen LogP contribution in [-0.4, -0.2) is 34.8 Å². The van der Waals surface area contributed by atoms with Crippen molar-refractivity contribution in [1.29, 1.82) is 0 Å². The smallest absolute Gasteiger partial charge is 0.262 e. The van der Waals surface area contributed by atoms with E-state index >= 15 is 0 Å². The predicted molar refractivity (Wildman–Crippen MR) is 125 cm³/mol. The number of hydrogen-bond acceptors (Lipinski definition) is 3. The van der Waals surface area contributed by atoms with Gasteiger partial charge in [0, 0.05) is 37.1 Å². The van der Waals surface area contributed by atoms with Gasteiger partial charge in [-0.3, -0.25) is 9.59 Å². The number of aromatic nitrogens is 1. The highest BCUT2D eigenvalue weighted by atomic mass is 32.1. The molecule has 2 heterocycles. The SMILES string of the molecule is Cc1ccc(CN(C)C(=O)[C@H](Cc2c[nH]c3ccccc23)NC(=O)c2cccs2)cc1. The van der Waals surface area contributed by atoms with Crippen LogP contribution in [0.15, 0.2) is 72.2 Å². The summed E-state index contributed by atoms with van der Waals surface area (Å²) in [5.74, 6) is -0.340. The summed E-state index contributed by atoms with van der Waals surface area (Å²) in [5, 5.41) is 5.88. The Labute approximate surface area is 185 Å². The predicted octanol–water partition coefficient (Wildman–Crippen LogP) is 4.54. The molecular weight excluding hydrogens is 406 g/mol. The van der Waals surface area contributed by atoms with Crippen LogP contribution < -0.4 is 5.32 Å². The van der Waals surface area contributed by atoms with Crippen molar-refractivity contribution >= 4 is 34.1 Å². The van der Waals surface area contributed by atoms with E-state index in [9.17, 15) is 9.59 Å². The third-order valence-electron chi connectivity index (χ3n) is 5.36. The number of benzene rings is 2. The number of para-hydroxylation sites is 1. The Morgan fingerprint density at radius 3 is 2.58 bits per heavy atom. The van der Waals surface area contributed by atoms with Gasteiger partial charge in [0.15, 0.2) is 0 Å². The van der Waals surface area contributed by atoms with E-state index in [1.165, 1.54) is 16.9 Å². The van der Waals surface area contributed by atoms with E-state index in [4.69, 9.17) is 0 Å². The van der Waals surface area contributed by atoms with E-state index in [2.05, 4.69) is 10.3 Å². The van der Waals surface area contributed by atoms with E-state index in [0.717, 1.165) is 22.0 Å². The Balaban J connectivity index is 1.56. The molecule has 0 bridgehead atoms. The summed E-state index contributed by atoms with van der Waals surface area (Å²) >= 11 is 1.36. The summed E-state index contributed by atoms with van der Waals surface area (Å²) in [5.41, 5.74) is 4.25. The van der Waals surface area contributed by atoms with Crippen LogP contribution in [0, 0.1) is 6.92 Å². The van der Waals surface area contributed by atoms with Crippen LogP contribution in [0.2, 0.25) is 0 Å². The van der Waals surface area contributed by atoms with Gasteiger partial charge in [0.2, 0.25) is 5.91 Å². The number of fused-ring (bicyclic) bond motifs is 1. The Bertz CT molecular complexity index is 1180. The summed E-state index contributed by atoms with van der Waals surface area (Å²) < 4.78 is 0.